The Labute approximate surface area is 113 Å². The molecule has 100 valence electrons. The van der Waals surface area contributed by atoms with Crippen LogP contribution in [-0.2, 0) is 4.79 Å². The van der Waals surface area contributed by atoms with E-state index in [1.165, 1.54) is 30.0 Å². The maximum absolute atomic E-state index is 11.9. The summed E-state index contributed by atoms with van der Waals surface area (Å²) in [6, 6.07) is 3.79. The third kappa shape index (κ3) is 2.93. The van der Waals surface area contributed by atoms with E-state index in [4.69, 9.17) is 0 Å². The minimum atomic E-state index is -0.525. The van der Waals surface area contributed by atoms with E-state index in [-0.39, 0.29) is 16.4 Å². The van der Waals surface area contributed by atoms with Gasteiger partial charge in [-0.1, -0.05) is 17.8 Å². The molecule has 1 atom stereocenters. The quantitative estimate of drug-likeness (QED) is 0.672. The maximum Gasteiger partial charge on any atom is 0.273 e. The second kappa shape index (κ2) is 5.40. The van der Waals surface area contributed by atoms with Gasteiger partial charge in [0.2, 0.25) is 5.12 Å². The van der Waals surface area contributed by atoms with Crippen LogP contribution in [0.2, 0.25) is 0 Å². The van der Waals surface area contributed by atoms with Crippen molar-refractivity contribution in [3.05, 3.63) is 39.4 Å². The fourth-order valence-electron chi connectivity index (χ4n) is 1.82. The Morgan fingerprint density at radius 2 is 2.26 bits per heavy atom. The smallest absolute Gasteiger partial charge is 0.273 e. The monoisotopic (exact) mass is 280 g/mol. The molecule has 0 bridgehead atoms. The number of carbonyl (C=O) groups excluding carboxylic acids is 2. The van der Waals surface area contributed by atoms with Crippen LogP contribution in [0.3, 0.4) is 0 Å². The standard InChI is InChI=1S/C12H12N2O4S/c1-7-2-3-8(6-10(7)14(17)18)11(15)13-9-4-5-19-12(9)16/h2-3,6,9H,4-5H2,1H3,(H,13,15)/t9-/m0/s1. The van der Waals surface area contributed by atoms with Gasteiger partial charge in [-0.05, 0) is 19.4 Å². The Morgan fingerprint density at radius 1 is 1.53 bits per heavy atom. The van der Waals surface area contributed by atoms with Crippen molar-refractivity contribution < 1.29 is 14.5 Å². The van der Waals surface area contributed by atoms with E-state index in [0.29, 0.717) is 17.7 Å². The number of hydrogen-bond acceptors (Lipinski definition) is 5. The Balaban J connectivity index is 2.17. The number of nitro groups is 1. The van der Waals surface area contributed by atoms with Crippen LogP contribution in [0.1, 0.15) is 22.3 Å². The van der Waals surface area contributed by atoms with Crippen LogP contribution in [0.15, 0.2) is 18.2 Å². The summed E-state index contributed by atoms with van der Waals surface area (Å²) in [5.41, 5.74) is 0.593. The summed E-state index contributed by atoms with van der Waals surface area (Å²) < 4.78 is 0. The highest BCUT2D eigenvalue weighted by atomic mass is 32.2. The molecule has 0 radical (unpaired) electrons. The summed E-state index contributed by atoms with van der Waals surface area (Å²) in [6.07, 6.45) is 0.600. The lowest BCUT2D eigenvalue weighted by Gasteiger charge is -2.10. The van der Waals surface area contributed by atoms with Gasteiger partial charge in [0.25, 0.3) is 11.6 Å². The molecule has 1 saturated heterocycles. The molecule has 0 spiro atoms. The Bertz CT molecular complexity index is 559. The number of thioether (sulfide) groups is 1. The predicted octanol–water partition coefficient (Wildman–Crippen LogP) is 1.67. The zero-order chi connectivity index (χ0) is 14.0. The first kappa shape index (κ1) is 13.5. The van der Waals surface area contributed by atoms with E-state index in [1.54, 1.807) is 6.92 Å². The lowest BCUT2D eigenvalue weighted by Crippen LogP contribution is -2.37. The number of benzene rings is 1. The highest BCUT2D eigenvalue weighted by molar-refractivity contribution is 8.14. The average molecular weight is 280 g/mol. The molecule has 0 unspecified atom stereocenters. The number of aryl methyl sites for hydroxylation is 1. The zero-order valence-corrected chi connectivity index (χ0v) is 11.0. The van der Waals surface area contributed by atoms with Crippen molar-refractivity contribution in [2.75, 3.05) is 5.75 Å². The summed E-state index contributed by atoms with van der Waals surface area (Å²) in [5, 5.41) is 13.3. The number of carbonyl (C=O) groups is 2. The minimum Gasteiger partial charge on any atom is -0.341 e. The molecule has 1 aromatic carbocycles. The molecule has 2 rings (SSSR count). The lowest BCUT2D eigenvalue weighted by molar-refractivity contribution is -0.385. The van der Waals surface area contributed by atoms with Gasteiger partial charge in [0, 0.05) is 22.9 Å². The van der Waals surface area contributed by atoms with Crippen molar-refractivity contribution in [3.8, 4) is 0 Å². The number of rotatable bonds is 3. The van der Waals surface area contributed by atoms with E-state index >= 15 is 0 Å². The van der Waals surface area contributed by atoms with Gasteiger partial charge in [-0.25, -0.2) is 0 Å². The van der Waals surface area contributed by atoms with Crippen molar-refractivity contribution >= 4 is 28.5 Å². The van der Waals surface area contributed by atoms with Crippen LogP contribution in [0.4, 0.5) is 5.69 Å². The topological polar surface area (TPSA) is 89.3 Å². The van der Waals surface area contributed by atoms with E-state index < -0.39 is 16.9 Å². The fourth-order valence-corrected chi connectivity index (χ4v) is 2.75. The van der Waals surface area contributed by atoms with Gasteiger partial charge in [-0.3, -0.25) is 19.7 Å². The Hall–Kier alpha value is -1.89. The molecule has 1 aromatic rings. The second-order valence-electron chi connectivity index (χ2n) is 4.24. The molecule has 1 heterocycles. The van der Waals surface area contributed by atoms with Crippen molar-refractivity contribution in [3.63, 3.8) is 0 Å². The molecule has 7 heteroatoms. The fraction of sp³-hybridized carbons (Fsp3) is 0.333. The van der Waals surface area contributed by atoms with Crippen LogP contribution in [0, 0.1) is 17.0 Å². The summed E-state index contributed by atoms with van der Waals surface area (Å²) in [6.45, 7) is 1.61. The molecule has 0 aliphatic carbocycles. The van der Waals surface area contributed by atoms with Gasteiger partial charge < -0.3 is 5.32 Å². The number of amides is 1. The molecule has 1 N–H and O–H groups in total. The molecule has 6 nitrogen and oxygen atoms in total. The van der Waals surface area contributed by atoms with Gasteiger partial charge in [-0.15, -0.1) is 0 Å². The summed E-state index contributed by atoms with van der Waals surface area (Å²) in [4.78, 5) is 33.6. The summed E-state index contributed by atoms with van der Waals surface area (Å²) >= 11 is 1.19. The predicted molar refractivity (Wildman–Crippen MR) is 71.2 cm³/mol. The molecule has 0 aromatic heterocycles. The summed E-state index contributed by atoms with van der Waals surface area (Å²) in [5.74, 6) is 0.238. The van der Waals surface area contributed by atoms with Crippen LogP contribution >= 0.6 is 11.8 Å². The van der Waals surface area contributed by atoms with Gasteiger partial charge in [0.15, 0.2) is 0 Å². The Kier molecular flexibility index (Phi) is 3.84. The van der Waals surface area contributed by atoms with Crippen LogP contribution in [-0.4, -0.2) is 27.7 Å². The van der Waals surface area contributed by atoms with Crippen LogP contribution in [0.25, 0.3) is 0 Å². The highest BCUT2D eigenvalue weighted by Gasteiger charge is 2.27. The third-order valence-electron chi connectivity index (χ3n) is 2.91. The number of hydrogen-bond donors (Lipinski definition) is 1. The van der Waals surface area contributed by atoms with Crippen molar-refractivity contribution in [2.24, 2.45) is 0 Å². The van der Waals surface area contributed by atoms with Crippen LogP contribution in [0.5, 0.6) is 0 Å². The normalized spacial score (nSPS) is 18.4. The molecule has 1 fully saturated rings. The molecule has 0 saturated carbocycles. The molecule has 19 heavy (non-hydrogen) atoms. The van der Waals surface area contributed by atoms with Crippen molar-refractivity contribution in [2.45, 2.75) is 19.4 Å². The largest absolute Gasteiger partial charge is 0.341 e. The van der Waals surface area contributed by atoms with Gasteiger partial charge in [-0.2, -0.15) is 0 Å². The summed E-state index contributed by atoms with van der Waals surface area (Å²) in [7, 11) is 0. The van der Waals surface area contributed by atoms with Crippen molar-refractivity contribution in [1.29, 1.82) is 0 Å². The van der Waals surface area contributed by atoms with Gasteiger partial charge in [0.1, 0.15) is 0 Å². The van der Waals surface area contributed by atoms with E-state index in [1.807, 2.05) is 0 Å². The first-order chi connectivity index (χ1) is 8.99. The first-order valence-electron chi connectivity index (χ1n) is 5.71. The van der Waals surface area contributed by atoms with Gasteiger partial charge >= 0.3 is 0 Å². The molecular weight excluding hydrogens is 268 g/mol. The van der Waals surface area contributed by atoms with E-state index in [0.717, 1.165) is 0 Å². The molecule has 1 aliphatic rings. The molecular formula is C12H12N2O4S. The second-order valence-corrected chi connectivity index (χ2v) is 5.34. The van der Waals surface area contributed by atoms with Crippen molar-refractivity contribution in [1.82, 2.24) is 5.32 Å². The molecule has 1 amide bonds. The zero-order valence-electron chi connectivity index (χ0n) is 10.2. The van der Waals surface area contributed by atoms with E-state index in [9.17, 15) is 19.7 Å². The highest BCUT2D eigenvalue weighted by Crippen LogP contribution is 2.22. The average Bonchev–Trinajstić information content (AvgIpc) is 2.75. The Morgan fingerprint density at radius 3 is 2.84 bits per heavy atom. The minimum absolute atomic E-state index is 0.0602. The van der Waals surface area contributed by atoms with Gasteiger partial charge in [0.05, 0.1) is 11.0 Å². The van der Waals surface area contributed by atoms with Crippen LogP contribution < -0.4 is 5.32 Å². The number of nitrogens with one attached hydrogen (secondary N) is 1. The molecule has 1 aliphatic heterocycles. The maximum atomic E-state index is 11.9. The third-order valence-corrected chi connectivity index (χ3v) is 3.92. The number of nitro benzene ring substituents is 1. The number of nitrogens with zero attached hydrogens (tertiary/aromatic N) is 1. The first-order valence-corrected chi connectivity index (χ1v) is 6.70. The SMILES string of the molecule is Cc1ccc(C(=O)N[C@H]2CCSC2=O)cc1[N+](=O)[O-]. The lowest BCUT2D eigenvalue weighted by atomic mass is 10.1. The van der Waals surface area contributed by atoms with E-state index in [2.05, 4.69) is 5.32 Å².